The monoisotopic (exact) mass is 300 g/mol. The maximum absolute atomic E-state index is 11.0. The summed E-state index contributed by atoms with van der Waals surface area (Å²) >= 11 is 0. The van der Waals surface area contributed by atoms with Gasteiger partial charge in [-0.1, -0.05) is 12.1 Å². The van der Waals surface area contributed by atoms with Gasteiger partial charge in [0.2, 0.25) is 0 Å². The zero-order chi connectivity index (χ0) is 14.4. The summed E-state index contributed by atoms with van der Waals surface area (Å²) in [6.45, 7) is 1.44. The Morgan fingerprint density at radius 1 is 0.895 bits per heavy atom. The summed E-state index contributed by atoms with van der Waals surface area (Å²) in [5, 5.41) is 0.783. The molecular weight excluding hydrogens is 292 g/mol. The van der Waals surface area contributed by atoms with Crippen LogP contribution in [0.5, 0.6) is 0 Å². The van der Waals surface area contributed by atoms with Crippen LogP contribution < -0.4 is 0 Å². The molecule has 6 nitrogen and oxygen atoms in total. The van der Waals surface area contributed by atoms with Gasteiger partial charge in [0.25, 0.3) is 0 Å². The van der Waals surface area contributed by atoms with Gasteiger partial charge in [-0.25, -0.2) is 16.8 Å². The van der Waals surface area contributed by atoms with E-state index in [0.29, 0.717) is 10.8 Å². The van der Waals surface area contributed by atoms with Crippen LogP contribution in [-0.4, -0.2) is 25.9 Å². The highest BCUT2D eigenvalue weighted by molar-refractivity contribution is 7.86. The van der Waals surface area contributed by atoms with E-state index >= 15 is 0 Å². The Kier molecular flexibility index (Phi) is 3.13. The molecule has 0 atom stereocenters. The van der Waals surface area contributed by atoms with Crippen LogP contribution in [0.3, 0.4) is 0 Å². The predicted molar refractivity (Wildman–Crippen MR) is 64.6 cm³/mol. The molecule has 0 radical (unpaired) electrons. The third-order valence-corrected chi connectivity index (χ3v) is 4.58. The van der Waals surface area contributed by atoms with Gasteiger partial charge in [-0.15, -0.1) is 0 Å². The molecule has 19 heavy (non-hydrogen) atoms. The van der Waals surface area contributed by atoms with Crippen molar-refractivity contribution >= 4 is 31.0 Å². The highest BCUT2D eigenvalue weighted by Gasteiger charge is 2.10. The minimum atomic E-state index is -4.59. The van der Waals surface area contributed by atoms with Crippen LogP contribution >= 0.6 is 0 Å². The molecule has 2 aromatic carbocycles. The summed E-state index contributed by atoms with van der Waals surface area (Å²) in [6.07, 6.45) is 0. The van der Waals surface area contributed by atoms with E-state index in [1.807, 2.05) is 0 Å². The Hall–Kier alpha value is -1.48. The number of fused-ring (bicyclic) bond motifs is 1. The molecule has 0 aliphatic rings. The van der Waals surface area contributed by atoms with Crippen LogP contribution in [0.1, 0.15) is 5.56 Å². The van der Waals surface area contributed by atoms with Crippen molar-refractivity contribution in [3.63, 3.8) is 0 Å². The molecule has 0 aliphatic heterocycles. The average Bonchev–Trinajstić information content (AvgIpc) is 2.26. The topological polar surface area (TPSA) is 114 Å². The van der Waals surface area contributed by atoms with E-state index in [9.17, 15) is 25.9 Å². The molecule has 0 unspecified atom stereocenters. The van der Waals surface area contributed by atoms with Crippen LogP contribution in [0.25, 0.3) is 10.8 Å². The smallest absolute Gasteiger partial charge is 0.124 e. The van der Waals surface area contributed by atoms with E-state index in [2.05, 4.69) is 0 Å². The van der Waals surface area contributed by atoms with Crippen LogP contribution in [-0.2, 0) is 20.2 Å². The van der Waals surface area contributed by atoms with Gasteiger partial charge < -0.3 is 9.11 Å². The fourth-order valence-electron chi connectivity index (χ4n) is 1.87. The average molecular weight is 300 g/mol. The van der Waals surface area contributed by atoms with Crippen molar-refractivity contribution in [1.29, 1.82) is 0 Å². The lowest BCUT2D eigenvalue weighted by Crippen LogP contribution is -2.02. The van der Waals surface area contributed by atoms with E-state index in [0.717, 1.165) is 18.2 Å². The van der Waals surface area contributed by atoms with Gasteiger partial charge in [0.15, 0.2) is 0 Å². The SMILES string of the molecule is Cc1c(S(=O)(=O)[O-])ccc2cc(S(=O)(=O)[O-])ccc12. The molecule has 8 heteroatoms. The molecule has 0 aromatic heterocycles. The lowest BCUT2D eigenvalue weighted by Gasteiger charge is -2.14. The zero-order valence-electron chi connectivity index (χ0n) is 9.65. The van der Waals surface area contributed by atoms with Crippen molar-refractivity contribution in [2.75, 3.05) is 0 Å². The van der Waals surface area contributed by atoms with Gasteiger partial charge in [-0.05, 0) is 41.5 Å². The van der Waals surface area contributed by atoms with Crippen LogP contribution in [0.2, 0.25) is 0 Å². The molecule has 102 valence electrons. The first-order chi connectivity index (χ1) is 8.60. The fourth-order valence-corrected chi connectivity index (χ4v) is 3.10. The first kappa shape index (κ1) is 13.9. The molecule has 0 saturated carbocycles. The Bertz CT molecular complexity index is 865. The Morgan fingerprint density at radius 3 is 2.05 bits per heavy atom. The number of hydrogen-bond donors (Lipinski definition) is 0. The minimum Gasteiger partial charge on any atom is -0.744 e. The first-order valence-electron chi connectivity index (χ1n) is 5.06. The standard InChI is InChI=1S/C11H10O6S2/c1-7-10-4-3-9(18(12,13)14)6-8(10)2-5-11(7)19(15,16)17/h2-6H,1H3,(H,12,13,14)(H,15,16,17)/p-2. The lowest BCUT2D eigenvalue weighted by atomic mass is 10.1. The molecule has 0 heterocycles. The largest absolute Gasteiger partial charge is 0.744 e. The number of aryl methyl sites for hydroxylation is 1. The van der Waals surface area contributed by atoms with Crippen molar-refractivity contribution < 1.29 is 25.9 Å². The van der Waals surface area contributed by atoms with E-state index in [4.69, 9.17) is 0 Å². The first-order valence-corrected chi connectivity index (χ1v) is 7.87. The number of hydrogen-bond acceptors (Lipinski definition) is 6. The molecule has 0 N–H and O–H groups in total. The van der Waals surface area contributed by atoms with Crippen molar-refractivity contribution in [1.82, 2.24) is 0 Å². The summed E-state index contributed by atoms with van der Waals surface area (Å²) in [5.74, 6) is 0. The second-order valence-corrected chi connectivity index (χ2v) is 6.71. The van der Waals surface area contributed by atoms with E-state index < -0.39 is 25.1 Å². The summed E-state index contributed by atoms with van der Waals surface area (Å²) < 4.78 is 65.7. The summed E-state index contributed by atoms with van der Waals surface area (Å²) in [6, 6.07) is 5.93. The molecule has 0 fully saturated rings. The minimum absolute atomic E-state index is 0.224. The molecule has 0 bridgehead atoms. The summed E-state index contributed by atoms with van der Waals surface area (Å²) in [4.78, 5) is -0.769. The normalized spacial score (nSPS) is 12.8. The molecular formula is C11H8O6S2-2. The van der Waals surface area contributed by atoms with Gasteiger partial charge >= 0.3 is 0 Å². The molecule has 0 spiro atoms. The highest BCUT2D eigenvalue weighted by Crippen LogP contribution is 2.26. The predicted octanol–water partition coefficient (Wildman–Crippen LogP) is 0.956. The van der Waals surface area contributed by atoms with Gasteiger partial charge in [0.1, 0.15) is 20.2 Å². The molecule has 0 amide bonds. The molecule has 0 saturated heterocycles. The third-order valence-electron chi connectivity index (χ3n) is 2.77. The molecule has 2 aromatic rings. The lowest BCUT2D eigenvalue weighted by molar-refractivity contribution is 0.460. The van der Waals surface area contributed by atoms with Crippen molar-refractivity contribution in [3.8, 4) is 0 Å². The van der Waals surface area contributed by atoms with E-state index in [1.165, 1.54) is 19.1 Å². The second kappa shape index (κ2) is 4.27. The Balaban J connectivity index is 2.82. The van der Waals surface area contributed by atoms with E-state index in [-0.39, 0.29) is 10.5 Å². The van der Waals surface area contributed by atoms with Crippen LogP contribution in [0, 0.1) is 6.92 Å². The van der Waals surface area contributed by atoms with Gasteiger partial charge in [0.05, 0.1) is 9.79 Å². The molecule has 0 aliphatic carbocycles. The van der Waals surface area contributed by atoms with Crippen molar-refractivity contribution in [3.05, 3.63) is 35.9 Å². The van der Waals surface area contributed by atoms with Crippen molar-refractivity contribution in [2.24, 2.45) is 0 Å². The highest BCUT2D eigenvalue weighted by atomic mass is 32.2. The second-order valence-electron chi connectivity index (χ2n) is 3.98. The summed E-state index contributed by atoms with van der Waals surface area (Å²) in [7, 11) is -9.17. The summed E-state index contributed by atoms with van der Waals surface area (Å²) in [5.41, 5.74) is 0.224. The Labute approximate surface area is 110 Å². The molecule has 2 rings (SSSR count). The van der Waals surface area contributed by atoms with Crippen LogP contribution in [0.4, 0.5) is 0 Å². The third kappa shape index (κ3) is 2.61. The maximum atomic E-state index is 11.0. The van der Waals surface area contributed by atoms with Crippen molar-refractivity contribution in [2.45, 2.75) is 16.7 Å². The van der Waals surface area contributed by atoms with Gasteiger partial charge in [0, 0.05) is 0 Å². The fraction of sp³-hybridized carbons (Fsp3) is 0.0909. The number of rotatable bonds is 2. The maximum Gasteiger partial charge on any atom is 0.124 e. The Morgan fingerprint density at radius 2 is 1.53 bits per heavy atom. The van der Waals surface area contributed by atoms with Gasteiger partial charge in [-0.3, -0.25) is 0 Å². The quantitative estimate of drug-likeness (QED) is 0.763. The van der Waals surface area contributed by atoms with Gasteiger partial charge in [-0.2, -0.15) is 0 Å². The van der Waals surface area contributed by atoms with Crippen LogP contribution in [0.15, 0.2) is 40.1 Å². The zero-order valence-corrected chi connectivity index (χ0v) is 11.3. The number of benzene rings is 2. The van der Waals surface area contributed by atoms with E-state index in [1.54, 1.807) is 0 Å².